The molecule has 0 radical (unpaired) electrons. The van der Waals surface area contributed by atoms with Crippen molar-refractivity contribution >= 4 is 34.8 Å². The lowest BCUT2D eigenvalue weighted by atomic mass is 10.1. The Hall–Kier alpha value is -3.95. The largest absolute Gasteiger partial charge is 0.454 e. The van der Waals surface area contributed by atoms with Crippen LogP contribution >= 0.6 is 0 Å². The van der Waals surface area contributed by atoms with Crippen LogP contribution in [0, 0.1) is 0 Å². The highest BCUT2D eigenvalue weighted by Gasteiger charge is 2.36. The molecule has 0 aliphatic rings. The number of para-hydroxylation sites is 2. The minimum absolute atomic E-state index is 0.0678. The molecule has 0 saturated heterocycles. The first-order chi connectivity index (χ1) is 15.0. The van der Waals surface area contributed by atoms with Gasteiger partial charge in [0.1, 0.15) is 0 Å². The van der Waals surface area contributed by atoms with Gasteiger partial charge in [-0.15, -0.1) is 0 Å². The predicted octanol–water partition coefficient (Wildman–Crippen LogP) is 4.13. The van der Waals surface area contributed by atoms with Crippen molar-refractivity contribution in [2.24, 2.45) is 0 Å². The minimum atomic E-state index is -5.01. The number of nitrogens with one attached hydrogen (secondary N) is 2. The summed E-state index contributed by atoms with van der Waals surface area (Å²) in [6.45, 7) is 2.66. The molecule has 0 heterocycles. The predicted molar refractivity (Wildman–Crippen MR) is 110 cm³/mol. The number of carbonyl (C=O) groups excluding carboxylic acids is 4. The molecule has 0 unspecified atom stereocenters. The van der Waals surface area contributed by atoms with Crippen LogP contribution in [0.2, 0.25) is 0 Å². The van der Waals surface area contributed by atoms with Gasteiger partial charge < -0.3 is 15.4 Å². The van der Waals surface area contributed by atoms with E-state index >= 15 is 0 Å². The summed E-state index contributed by atoms with van der Waals surface area (Å²) in [5.74, 6) is -3.94. The lowest BCUT2D eigenvalue weighted by Gasteiger charge is -2.16. The molecule has 7 nitrogen and oxygen atoms in total. The molecule has 1 atom stereocenters. The zero-order chi connectivity index (χ0) is 23.9. The zero-order valence-corrected chi connectivity index (χ0v) is 17.0. The monoisotopic (exact) mass is 448 g/mol. The zero-order valence-electron chi connectivity index (χ0n) is 17.0. The maximum absolute atomic E-state index is 12.5. The summed E-state index contributed by atoms with van der Waals surface area (Å²) >= 11 is 0. The Kier molecular flexibility index (Phi) is 7.89. The fourth-order valence-electron chi connectivity index (χ4n) is 2.50. The topological polar surface area (TPSA) is 102 Å². The van der Waals surface area contributed by atoms with Crippen LogP contribution in [0.25, 0.3) is 0 Å². The van der Waals surface area contributed by atoms with Gasteiger partial charge in [0.2, 0.25) is 0 Å². The van der Waals surface area contributed by atoms with Gasteiger partial charge in [-0.25, -0.2) is 4.79 Å². The van der Waals surface area contributed by atoms with Crippen molar-refractivity contribution in [1.82, 2.24) is 0 Å². The third-order valence-corrected chi connectivity index (χ3v) is 4.12. The van der Waals surface area contributed by atoms with Gasteiger partial charge in [0.25, 0.3) is 11.7 Å². The van der Waals surface area contributed by atoms with Crippen LogP contribution in [0.3, 0.4) is 0 Å². The van der Waals surface area contributed by atoms with Crippen LogP contribution in [0.15, 0.2) is 60.8 Å². The normalized spacial score (nSPS) is 12.2. The molecule has 0 fully saturated rings. The fourth-order valence-corrected chi connectivity index (χ4v) is 2.50. The molecule has 0 aliphatic carbocycles. The highest BCUT2D eigenvalue weighted by atomic mass is 19.4. The summed E-state index contributed by atoms with van der Waals surface area (Å²) in [5, 5.41) is 4.94. The van der Waals surface area contributed by atoms with Crippen LogP contribution in [0.1, 0.15) is 34.6 Å². The smallest absolute Gasteiger partial charge is 0.449 e. The van der Waals surface area contributed by atoms with E-state index in [1.165, 1.54) is 50.2 Å². The van der Waals surface area contributed by atoms with E-state index in [1.54, 1.807) is 12.1 Å². The number of hydrogen-bond acceptors (Lipinski definition) is 6. The summed E-state index contributed by atoms with van der Waals surface area (Å²) < 4.78 is 41.9. The van der Waals surface area contributed by atoms with E-state index in [0.29, 0.717) is 0 Å². The molecule has 0 saturated carbocycles. The number of carbonyl (C=O) groups is 4. The first-order valence-electron chi connectivity index (χ1n) is 9.25. The highest BCUT2D eigenvalue weighted by Crippen LogP contribution is 2.20. The molecular formula is C22H19F3N2O5. The van der Waals surface area contributed by atoms with Gasteiger partial charge >= 0.3 is 12.1 Å². The number of esters is 1. The van der Waals surface area contributed by atoms with Gasteiger partial charge in [-0.05, 0) is 38.1 Å². The van der Waals surface area contributed by atoms with Gasteiger partial charge in [0.15, 0.2) is 11.9 Å². The second-order valence-electron chi connectivity index (χ2n) is 6.52. The third kappa shape index (κ3) is 6.53. The van der Waals surface area contributed by atoms with Crippen LogP contribution in [-0.2, 0) is 14.3 Å². The molecule has 0 aliphatic heterocycles. The van der Waals surface area contributed by atoms with Crippen molar-refractivity contribution < 1.29 is 37.1 Å². The molecule has 0 aromatic heterocycles. The van der Waals surface area contributed by atoms with E-state index in [2.05, 4.69) is 10.6 Å². The van der Waals surface area contributed by atoms with Gasteiger partial charge in [0.05, 0.1) is 16.9 Å². The number of amides is 1. The van der Waals surface area contributed by atoms with E-state index in [4.69, 9.17) is 4.74 Å². The first-order valence-corrected chi connectivity index (χ1v) is 9.25. The molecule has 32 heavy (non-hydrogen) atoms. The number of anilines is 2. The summed E-state index contributed by atoms with van der Waals surface area (Å²) in [4.78, 5) is 47.5. The van der Waals surface area contributed by atoms with Crippen LogP contribution in [0.4, 0.5) is 24.5 Å². The van der Waals surface area contributed by atoms with Crippen LogP contribution in [0.5, 0.6) is 0 Å². The van der Waals surface area contributed by atoms with E-state index in [-0.39, 0.29) is 34.4 Å². The molecule has 0 spiro atoms. The summed E-state index contributed by atoms with van der Waals surface area (Å²) in [6.07, 6.45) is -5.24. The minimum Gasteiger partial charge on any atom is -0.449 e. The number of ketones is 2. The molecule has 2 aromatic rings. The van der Waals surface area contributed by atoms with Crippen molar-refractivity contribution in [3.8, 4) is 0 Å². The Labute approximate surface area is 181 Å². The van der Waals surface area contributed by atoms with Crippen molar-refractivity contribution in [3.05, 3.63) is 71.9 Å². The first kappa shape index (κ1) is 24.3. The lowest BCUT2D eigenvalue weighted by Crippen LogP contribution is -2.30. The third-order valence-electron chi connectivity index (χ3n) is 4.12. The van der Waals surface area contributed by atoms with E-state index in [0.717, 1.165) is 6.20 Å². The van der Waals surface area contributed by atoms with E-state index in [9.17, 15) is 32.3 Å². The van der Waals surface area contributed by atoms with Crippen molar-refractivity contribution in [2.45, 2.75) is 26.1 Å². The maximum atomic E-state index is 12.5. The van der Waals surface area contributed by atoms with Gasteiger partial charge in [0, 0.05) is 17.8 Å². The van der Waals surface area contributed by atoms with Crippen molar-refractivity contribution in [2.75, 3.05) is 10.6 Å². The number of alkyl halides is 3. The SMILES string of the molecule is CC(=O)c1ccccc1NC(=O)[C@H](C)OC(=O)c1ccccc1N/C=C/C(=O)C(F)(F)F. The Morgan fingerprint density at radius 2 is 1.50 bits per heavy atom. The van der Waals surface area contributed by atoms with Crippen molar-refractivity contribution in [1.29, 1.82) is 0 Å². The molecule has 2 rings (SSSR count). The fraction of sp³-hybridized carbons (Fsp3) is 0.182. The second kappa shape index (κ2) is 10.4. The number of hydrogen-bond donors (Lipinski definition) is 2. The molecule has 2 aromatic carbocycles. The molecular weight excluding hydrogens is 429 g/mol. The van der Waals surface area contributed by atoms with Crippen LogP contribution < -0.4 is 10.6 Å². The van der Waals surface area contributed by atoms with Gasteiger partial charge in [-0.3, -0.25) is 14.4 Å². The molecule has 2 N–H and O–H groups in total. The van der Waals surface area contributed by atoms with E-state index < -0.39 is 29.9 Å². The standard InChI is InChI=1S/C22H19F3N2O5/c1-13(28)15-7-3-6-10-18(15)27-20(30)14(2)32-21(31)16-8-4-5-9-17(16)26-12-11-19(29)22(23,24)25/h3-12,14,26H,1-2H3,(H,27,30)/b12-11+/t14-/m0/s1. The van der Waals surface area contributed by atoms with Crippen LogP contribution in [-0.4, -0.2) is 35.7 Å². The molecule has 0 bridgehead atoms. The average Bonchev–Trinajstić information content (AvgIpc) is 2.73. The molecule has 10 heteroatoms. The number of allylic oxidation sites excluding steroid dienone is 1. The number of benzene rings is 2. The number of Topliss-reactive ketones (excluding diaryl/α,β-unsaturated/α-hetero) is 1. The van der Waals surface area contributed by atoms with Crippen molar-refractivity contribution in [3.63, 3.8) is 0 Å². The number of ether oxygens (including phenoxy) is 1. The van der Waals surface area contributed by atoms with Gasteiger partial charge in [-0.1, -0.05) is 24.3 Å². The number of halogens is 3. The number of rotatable bonds is 8. The summed E-state index contributed by atoms with van der Waals surface area (Å²) in [6, 6.07) is 12.0. The average molecular weight is 448 g/mol. The summed E-state index contributed by atoms with van der Waals surface area (Å²) in [5.41, 5.74) is 0.544. The maximum Gasteiger partial charge on any atom is 0.454 e. The Balaban J connectivity index is 2.08. The molecule has 168 valence electrons. The quantitative estimate of drug-likeness (QED) is 0.358. The van der Waals surface area contributed by atoms with Gasteiger partial charge in [-0.2, -0.15) is 13.2 Å². The lowest BCUT2D eigenvalue weighted by molar-refractivity contribution is -0.165. The second-order valence-corrected chi connectivity index (χ2v) is 6.52. The molecule has 1 amide bonds. The summed E-state index contributed by atoms with van der Waals surface area (Å²) in [7, 11) is 0. The Morgan fingerprint density at radius 3 is 2.09 bits per heavy atom. The Bertz CT molecular complexity index is 1060. The Morgan fingerprint density at radius 1 is 0.938 bits per heavy atom. The van der Waals surface area contributed by atoms with E-state index in [1.807, 2.05) is 0 Å². The highest BCUT2D eigenvalue weighted by molar-refractivity contribution is 6.05.